The van der Waals surface area contributed by atoms with Crippen LogP contribution >= 0.6 is 11.6 Å². The highest BCUT2D eigenvalue weighted by atomic mass is 35.5. The number of halogens is 2. The van der Waals surface area contributed by atoms with Gasteiger partial charge < -0.3 is 5.32 Å². The van der Waals surface area contributed by atoms with Gasteiger partial charge >= 0.3 is 0 Å². The first-order valence-electron chi connectivity index (χ1n) is 7.01. The lowest BCUT2D eigenvalue weighted by molar-refractivity contribution is -0.116. The first-order chi connectivity index (χ1) is 11.2. The fraction of sp³-hybridized carbons (Fsp3) is 0.188. The summed E-state index contributed by atoms with van der Waals surface area (Å²) in [6.07, 6.45) is 0.915. The average molecular weight is 371 g/mol. The molecule has 128 valence electrons. The normalized spacial score (nSPS) is 12.5. The third-order valence-electron chi connectivity index (χ3n) is 3.31. The van der Waals surface area contributed by atoms with Crippen molar-refractivity contribution in [2.45, 2.75) is 13.0 Å². The number of amides is 1. The van der Waals surface area contributed by atoms with Gasteiger partial charge in [-0.1, -0.05) is 35.9 Å². The summed E-state index contributed by atoms with van der Waals surface area (Å²) < 4.78 is 39.0. The number of nitrogens with zero attached hydrogens (tertiary/aromatic N) is 1. The van der Waals surface area contributed by atoms with Crippen molar-refractivity contribution in [3.63, 3.8) is 0 Å². The largest absolute Gasteiger partial charge is 0.323 e. The second kappa shape index (κ2) is 7.19. The van der Waals surface area contributed by atoms with Gasteiger partial charge in [-0.3, -0.25) is 9.10 Å². The highest BCUT2D eigenvalue weighted by molar-refractivity contribution is 7.92. The minimum atomic E-state index is -3.89. The number of carbonyl (C=O) groups is 1. The van der Waals surface area contributed by atoms with E-state index in [4.69, 9.17) is 11.6 Å². The number of para-hydroxylation sites is 2. The first-order valence-corrected chi connectivity index (χ1v) is 9.24. The molecule has 24 heavy (non-hydrogen) atoms. The highest BCUT2D eigenvalue weighted by Crippen LogP contribution is 2.26. The van der Waals surface area contributed by atoms with Crippen molar-refractivity contribution >= 4 is 38.9 Å². The molecule has 1 amide bonds. The Morgan fingerprint density at radius 2 is 1.75 bits per heavy atom. The lowest BCUT2D eigenvalue weighted by atomic mass is 10.2. The molecule has 2 aromatic rings. The lowest BCUT2D eigenvalue weighted by Crippen LogP contribution is -2.45. The summed E-state index contributed by atoms with van der Waals surface area (Å²) in [4.78, 5) is 12.4. The van der Waals surface area contributed by atoms with Gasteiger partial charge in [0.2, 0.25) is 15.9 Å². The molecule has 0 saturated heterocycles. The van der Waals surface area contributed by atoms with Gasteiger partial charge in [0.1, 0.15) is 11.9 Å². The number of sulfonamides is 1. The molecule has 2 rings (SSSR count). The molecule has 0 bridgehead atoms. The third kappa shape index (κ3) is 4.04. The Bertz CT molecular complexity index is 858. The van der Waals surface area contributed by atoms with E-state index in [0.29, 0.717) is 10.7 Å². The third-order valence-corrected chi connectivity index (χ3v) is 4.87. The van der Waals surface area contributed by atoms with E-state index in [1.165, 1.54) is 25.1 Å². The Hall–Kier alpha value is -2.12. The summed E-state index contributed by atoms with van der Waals surface area (Å²) in [5, 5.41) is 2.87. The van der Waals surface area contributed by atoms with Gasteiger partial charge in [0.15, 0.2) is 0 Å². The minimum absolute atomic E-state index is 0.193. The van der Waals surface area contributed by atoms with E-state index in [2.05, 4.69) is 5.32 Å². The van der Waals surface area contributed by atoms with Crippen LogP contribution in [0.5, 0.6) is 0 Å². The number of anilines is 2. The van der Waals surface area contributed by atoms with Crippen LogP contribution in [0.25, 0.3) is 0 Å². The molecule has 1 atom stereocenters. The van der Waals surface area contributed by atoms with Gasteiger partial charge in [-0.2, -0.15) is 0 Å². The Balaban J connectivity index is 2.36. The molecular weight excluding hydrogens is 355 g/mol. The minimum Gasteiger partial charge on any atom is -0.323 e. The van der Waals surface area contributed by atoms with Crippen molar-refractivity contribution in [1.29, 1.82) is 0 Å². The predicted octanol–water partition coefficient (Wildman–Crippen LogP) is 3.27. The number of benzene rings is 2. The fourth-order valence-corrected chi connectivity index (χ4v) is 3.57. The smallest absolute Gasteiger partial charge is 0.248 e. The van der Waals surface area contributed by atoms with Crippen LogP contribution in [0.2, 0.25) is 5.02 Å². The zero-order valence-corrected chi connectivity index (χ0v) is 14.6. The Morgan fingerprint density at radius 1 is 1.17 bits per heavy atom. The zero-order valence-electron chi connectivity index (χ0n) is 13.0. The van der Waals surface area contributed by atoms with Crippen molar-refractivity contribution < 1.29 is 17.6 Å². The molecule has 0 radical (unpaired) electrons. The van der Waals surface area contributed by atoms with Crippen LogP contribution in [0, 0.1) is 5.82 Å². The molecule has 0 aromatic heterocycles. The monoisotopic (exact) mass is 370 g/mol. The maximum absolute atomic E-state index is 14.0. The topological polar surface area (TPSA) is 66.5 Å². The number of carbonyl (C=O) groups excluding carboxylic acids is 1. The van der Waals surface area contributed by atoms with Gasteiger partial charge in [0.05, 0.1) is 22.7 Å². The van der Waals surface area contributed by atoms with E-state index in [0.717, 1.165) is 16.6 Å². The SMILES string of the molecule is C[C@@H](C(=O)Nc1ccccc1Cl)N(c1ccccc1F)S(C)(=O)=O. The summed E-state index contributed by atoms with van der Waals surface area (Å²) in [6.45, 7) is 1.37. The molecule has 5 nitrogen and oxygen atoms in total. The van der Waals surface area contributed by atoms with Crippen LogP contribution in [0.3, 0.4) is 0 Å². The van der Waals surface area contributed by atoms with Crippen LogP contribution in [0.15, 0.2) is 48.5 Å². The van der Waals surface area contributed by atoms with E-state index in [-0.39, 0.29) is 5.69 Å². The van der Waals surface area contributed by atoms with Crippen LogP contribution in [-0.2, 0) is 14.8 Å². The Kier molecular flexibility index (Phi) is 5.46. The molecule has 0 aliphatic carbocycles. The second-order valence-electron chi connectivity index (χ2n) is 5.16. The molecule has 0 heterocycles. The van der Waals surface area contributed by atoms with Crippen molar-refractivity contribution in [2.75, 3.05) is 15.9 Å². The van der Waals surface area contributed by atoms with Gasteiger partial charge in [-0.05, 0) is 31.2 Å². The summed E-state index contributed by atoms with van der Waals surface area (Å²) in [6, 6.07) is 10.7. The summed E-state index contributed by atoms with van der Waals surface area (Å²) in [5.74, 6) is -1.36. The number of rotatable bonds is 5. The van der Waals surface area contributed by atoms with Gasteiger partial charge in [0, 0.05) is 0 Å². The van der Waals surface area contributed by atoms with Gasteiger partial charge in [-0.25, -0.2) is 12.8 Å². The van der Waals surface area contributed by atoms with E-state index >= 15 is 0 Å². The van der Waals surface area contributed by atoms with Crippen molar-refractivity contribution in [1.82, 2.24) is 0 Å². The fourth-order valence-electron chi connectivity index (χ4n) is 2.21. The van der Waals surface area contributed by atoms with Crippen LogP contribution < -0.4 is 9.62 Å². The summed E-state index contributed by atoms with van der Waals surface area (Å²) in [5.41, 5.74) is 0.153. The number of hydrogen-bond donors (Lipinski definition) is 1. The zero-order chi connectivity index (χ0) is 17.9. The van der Waals surface area contributed by atoms with Crippen LogP contribution in [0.4, 0.5) is 15.8 Å². The molecule has 2 aromatic carbocycles. The maximum atomic E-state index is 14.0. The highest BCUT2D eigenvalue weighted by Gasteiger charge is 2.31. The van der Waals surface area contributed by atoms with Crippen LogP contribution in [-0.4, -0.2) is 26.6 Å². The first kappa shape index (κ1) is 18.2. The standard InChI is InChI=1S/C16H16ClFN2O3S/c1-11(16(21)19-14-9-5-3-7-12(14)17)20(24(2,22)23)15-10-6-4-8-13(15)18/h3-11H,1-2H3,(H,19,21)/t11-/m0/s1. The van der Waals surface area contributed by atoms with E-state index in [1.54, 1.807) is 24.3 Å². The van der Waals surface area contributed by atoms with E-state index in [9.17, 15) is 17.6 Å². The lowest BCUT2D eigenvalue weighted by Gasteiger charge is -2.28. The molecule has 1 N–H and O–H groups in total. The quantitative estimate of drug-likeness (QED) is 0.878. The van der Waals surface area contributed by atoms with Gasteiger partial charge in [-0.15, -0.1) is 0 Å². The van der Waals surface area contributed by atoms with Crippen molar-refractivity contribution in [3.8, 4) is 0 Å². The molecule has 0 fully saturated rings. The molecule has 0 spiro atoms. The number of nitrogens with one attached hydrogen (secondary N) is 1. The molecular formula is C16H16ClFN2O3S. The summed E-state index contributed by atoms with van der Waals surface area (Å²) in [7, 11) is -3.89. The van der Waals surface area contributed by atoms with Crippen LogP contribution in [0.1, 0.15) is 6.92 Å². The molecule has 0 aliphatic rings. The Labute approximate surface area is 145 Å². The second-order valence-corrected chi connectivity index (χ2v) is 7.42. The summed E-state index contributed by atoms with van der Waals surface area (Å²) >= 11 is 5.98. The maximum Gasteiger partial charge on any atom is 0.248 e. The van der Waals surface area contributed by atoms with Gasteiger partial charge in [0.25, 0.3) is 0 Å². The van der Waals surface area contributed by atoms with Crippen molar-refractivity contribution in [2.24, 2.45) is 0 Å². The molecule has 0 unspecified atom stereocenters. The average Bonchev–Trinajstić information content (AvgIpc) is 2.50. The molecule has 0 aliphatic heterocycles. The number of hydrogen-bond acceptors (Lipinski definition) is 3. The van der Waals surface area contributed by atoms with E-state index in [1.807, 2.05) is 0 Å². The predicted molar refractivity (Wildman–Crippen MR) is 93.3 cm³/mol. The molecule has 8 heteroatoms. The Morgan fingerprint density at radius 3 is 2.33 bits per heavy atom. The molecule has 0 saturated carbocycles. The van der Waals surface area contributed by atoms with E-state index < -0.39 is 27.8 Å². The van der Waals surface area contributed by atoms with Crippen molar-refractivity contribution in [3.05, 3.63) is 59.4 Å².